The van der Waals surface area contributed by atoms with Crippen LogP contribution in [0.5, 0.6) is 0 Å². The largest absolute Gasteiger partial charge is 0.380 e. The van der Waals surface area contributed by atoms with E-state index in [2.05, 4.69) is 41.7 Å². The molecule has 0 heterocycles. The van der Waals surface area contributed by atoms with Gasteiger partial charge in [0.25, 0.3) is 0 Å². The molecule has 0 saturated heterocycles. The SMILES string of the molecule is C=C(Br)CN[C@H](COCC)C(C)C. The molecule has 2 nitrogen and oxygen atoms in total. The third kappa shape index (κ3) is 7.23. The maximum absolute atomic E-state index is 5.38. The molecule has 0 saturated carbocycles. The molecule has 0 aliphatic carbocycles. The fourth-order valence-electron chi connectivity index (χ4n) is 0.974. The number of hydrogen-bond acceptors (Lipinski definition) is 2. The summed E-state index contributed by atoms with van der Waals surface area (Å²) in [4.78, 5) is 0. The van der Waals surface area contributed by atoms with Crippen LogP contribution in [0.25, 0.3) is 0 Å². The van der Waals surface area contributed by atoms with E-state index in [4.69, 9.17) is 4.74 Å². The molecule has 0 amide bonds. The van der Waals surface area contributed by atoms with Crippen molar-refractivity contribution in [1.82, 2.24) is 5.32 Å². The topological polar surface area (TPSA) is 21.3 Å². The minimum atomic E-state index is 0.411. The second-order valence-electron chi connectivity index (χ2n) is 3.41. The normalized spacial score (nSPS) is 13.3. The maximum atomic E-state index is 5.38. The van der Waals surface area contributed by atoms with Gasteiger partial charge in [-0.05, 0) is 12.8 Å². The first-order chi connectivity index (χ1) is 6.07. The van der Waals surface area contributed by atoms with Crippen LogP contribution in [0.15, 0.2) is 11.1 Å². The van der Waals surface area contributed by atoms with E-state index in [9.17, 15) is 0 Å². The molecule has 13 heavy (non-hydrogen) atoms. The van der Waals surface area contributed by atoms with Crippen LogP contribution in [-0.2, 0) is 4.74 Å². The van der Waals surface area contributed by atoms with E-state index in [0.29, 0.717) is 12.0 Å². The van der Waals surface area contributed by atoms with Crippen molar-refractivity contribution < 1.29 is 4.74 Å². The van der Waals surface area contributed by atoms with Gasteiger partial charge in [-0.2, -0.15) is 0 Å². The lowest BCUT2D eigenvalue weighted by Crippen LogP contribution is -2.38. The van der Waals surface area contributed by atoms with Gasteiger partial charge in [0.2, 0.25) is 0 Å². The first-order valence-electron chi connectivity index (χ1n) is 4.72. The Morgan fingerprint density at radius 2 is 2.15 bits per heavy atom. The highest BCUT2D eigenvalue weighted by molar-refractivity contribution is 9.11. The third-order valence-corrected chi connectivity index (χ3v) is 2.14. The van der Waals surface area contributed by atoms with Gasteiger partial charge in [-0.15, -0.1) is 0 Å². The highest BCUT2D eigenvalue weighted by atomic mass is 79.9. The Labute approximate surface area is 89.9 Å². The Morgan fingerprint density at radius 1 is 1.54 bits per heavy atom. The molecule has 0 unspecified atom stereocenters. The van der Waals surface area contributed by atoms with E-state index >= 15 is 0 Å². The van der Waals surface area contributed by atoms with Gasteiger partial charge in [0.05, 0.1) is 6.61 Å². The molecule has 1 atom stereocenters. The Bertz CT molecular complexity index is 148. The van der Waals surface area contributed by atoms with E-state index in [0.717, 1.165) is 24.2 Å². The van der Waals surface area contributed by atoms with Gasteiger partial charge in [-0.1, -0.05) is 36.4 Å². The number of halogens is 1. The molecule has 0 rings (SSSR count). The number of hydrogen-bond donors (Lipinski definition) is 1. The Hall–Kier alpha value is 0.140. The van der Waals surface area contributed by atoms with Crippen LogP contribution >= 0.6 is 15.9 Å². The zero-order valence-corrected chi connectivity index (χ0v) is 10.4. The Balaban J connectivity index is 3.73. The highest BCUT2D eigenvalue weighted by Gasteiger charge is 2.12. The molecule has 0 fully saturated rings. The maximum Gasteiger partial charge on any atom is 0.0622 e. The Morgan fingerprint density at radius 3 is 2.54 bits per heavy atom. The molecule has 0 aliphatic rings. The van der Waals surface area contributed by atoms with Crippen molar-refractivity contribution in [3.05, 3.63) is 11.1 Å². The summed E-state index contributed by atoms with van der Waals surface area (Å²) in [6.45, 7) is 12.5. The van der Waals surface area contributed by atoms with Gasteiger partial charge in [0.15, 0.2) is 0 Å². The molecule has 0 spiro atoms. The summed E-state index contributed by atoms with van der Waals surface area (Å²) >= 11 is 3.32. The molecule has 0 aliphatic heterocycles. The second kappa shape index (κ2) is 7.54. The molecular formula is C10H20BrNO. The number of nitrogens with one attached hydrogen (secondary N) is 1. The fourth-order valence-corrected chi connectivity index (χ4v) is 1.14. The van der Waals surface area contributed by atoms with Crippen molar-refractivity contribution in [3.8, 4) is 0 Å². The predicted octanol–water partition coefficient (Wildman–Crippen LogP) is 2.55. The fraction of sp³-hybridized carbons (Fsp3) is 0.800. The van der Waals surface area contributed by atoms with Gasteiger partial charge >= 0.3 is 0 Å². The van der Waals surface area contributed by atoms with Crippen LogP contribution in [0.3, 0.4) is 0 Å². The molecule has 0 aromatic carbocycles. The average molecular weight is 250 g/mol. The van der Waals surface area contributed by atoms with Gasteiger partial charge in [-0.3, -0.25) is 0 Å². The second-order valence-corrected chi connectivity index (χ2v) is 4.53. The minimum absolute atomic E-state index is 0.411. The summed E-state index contributed by atoms with van der Waals surface area (Å²) in [5.74, 6) is 0.582. The van der Waals surface area contributed by atoms with Crippen molar-refractivity contribution in [2.75, 3.05) is 19.8 Å². The lowest BCUT2D eigenvalue weighted by molar-refractivity contribution is 0.110. The smallest absolute Gasteiger partial charge is 0.0622 e. The number of rotatable bonds is 7. The first-order valence-corrected chi connectivity index (χ1v) is 5.51. The van der Waals surface area contributed by atoms with E-state index in [1.165, 1.54) is 0 Å². The van der Waals surface area contributed by atoms with Gasteiger partial charge in [0, 0.05) is 23.7 Å². The molecule has 0 bridgehead atoms. The van der Waals surface area contributed by atoms with Crippen LogP contribution in [0.4, 0.5) is 0 Å². The standard InChI is InChI=1S/C10H20BrNO/c1-5-13-7-10(8(2)3)12-6-9(4)11/h8,10,12H,4-7H2,1-3H3/t10-/m1/s1. The summed E-state index contributed by atoms with van der Waals surface area (Å²) < 4.78 is 6.36. The van der Waals surface area contributed by atoms with E-state index in [1.54, 1.807) is 0 Å². The van der Waals surface area contributed by atoms with Crippen LogP contribution in [0.1, 0.15) is 20.8 Å². The van der Waals surface area contributed by atoms with Crippen LogP contribution in [0, 0.1) is 5.92 Å². The summed E-state index contributed by atoms with van der Waals surface area (Å²) in [6, 6.07) is 0.411. The summed E-state index contributed by atoms with van der Waals surface area (Å²) in [6.07, 6.45) is 0. The molecule has 1 N–H and O–H groups in total. The monoisotopic (exact) mass is 249 g/mol. The minimum Gasteiger partial charge on any atom is -0.380 e. The molecule has 0 aromatic rings. The molecule has 0 radical (unpaired) electrons. The van der Waals surface area contributed by atoms with E-state index < -0.39 is 0 Å². The van der Waals surface area contributed by atoms with Crippen LogP contribution in [-0.4, -0.2) is 25.8 Å². The van der Waals surface area contributed by atoms with Crippen molar-refractivity contribution in [1.29, 1.82) is 0 Å². The number of ether oxygens (including phenoxy) is 1. The summed E-state index contributed by atoms with van der Waals surface area (Å²) in [5.41, 5.74) is 0. The van der Waals surface area contributed by atoms with Crippen LogP contribution in [0.2, 0.25) is 0 Å². The van der Waals surface area contributed by atoms with Crippen molar-refractivity contribution in [2.24, 2.45) is 5.92 Å². The highest BCUT2D eigenvalue weighted by Crippen LogP contribution is 2.04. The molecule has 0 aromatic heterocycles. The molecule has 78 valence electrons. The van der Waals surface area contributed by atoms with Gasteiger partial charge in [0.1, 0.15) is 0 Å². The zero-order chi connectivity index (χ0) is 10.3. The Kier molecular flexibility index (Phi) is 7.62. The van der Waals surface area contributed by atoms with Gasteiger partial charge < -0.3 is 10.1 Å². The third-order valence-electron chi connectivity index (χ3n) is 1.86. The molecular weight excluding hydrogens is 230 g/mol. The molecule has 3 heteroatoms. The lowest BCUT2D eigenvalue weighted by atomic mass is 10.1. The predicted molar refractivity (Wildman–Crippen MR) is 61.2 cm³/mol. The quantitative estimate of drug-likeness (QED) is 0.749. The van der Waals surface area contributed by atoms with Crippen molar-refractivity contribution >= 4 is 15.9 Å². The van der Waals surface area contributed by atoms with E-state index in [1.807, 2.05) is 6.92 Å². The van der Waals surface area contributed by atoms with Crippen LogP contribution < -0.4 is 5.32 Å². The summed E-state index contributed by atoms with van der Waals surface area (Å²) in [5, 5.41) is 3.38. The van der Waals surface area contributed by atoms with Crippen molar-refractivity contribution in [2.45, 2.75) is 26.8 Å². The average Bonchev–Trinajstić information content (AvgIpc) is 2.03. The van der Waals surface area contributed by atoms with E-state index in [-0.39, 0.29) is 0 Å². The zero-order valence-electron chi connectivity index (χ0n) is 8.77. The summed E-state index contributed by atoms with van der Waals surface area (Å²) in [7, 11) is 0. The van der Waals surface area contributed by atoms with Crippen molar-refractivity contribution in [3.63, 3.8) is 0 Å². The lowest BCUT2D eigenvalue weighted by Gasteiger charge is -2.21. The van der Waals surface area contributed by atoms with Gasteiger partial charge in [-0.25, -0.2) is 0 Å². The first kappa shape index (κ1) is 13.1.